The normalized spacial score (nSPS) is 26.8. The molecule has 0 bridgehead atoms. The predicted octanol–water partition coefficient (Wildman–Crippen LogP) is 3.32. The third-order valence-corrected chi connectivity index (χ3v) is 5.32. The highest BCUT2D eigenvalue weighted by atomic mass is 16.2. The molecule has 20 heavy (non-hydrogen) atoms. The number of carbonyl (C=O) groups excluding carboxylic acids is 1. The molecule has 1 saturated heterocycles. The quantitative estimate of drug-likeness (QED) is 0.862. The van der Waals surface area contributed by atoms with E-state index in [0.29, 0.717) is 18.4 Å². The van der Waals surface area contributed by atoms with E-state index >= 15 is 0 Å². The Balaban J connectivity index is 1.94. The lowest BCUT2D eigenvalue weighted by Gasteiger charge is -2.35. The molecule has 2 unspecified atom stereocenters. The largest absolute Gasteiger partial charge is 0.339 e. The molecule has 1 aliphatic heterocycles. The van der Waals surface area contributed by atoms with Gasteiger partial charge in [0.15, 0.2) is 0 Å². The van der Waals surface area contributed by atoms with Gasteiger partial charge >= 0.3 is 0 Å². The van der Waals surface area contributed by atoms with Crippen molar-refractivity contribution in [3.8, 4) is 0 Å². The molecule has 2 atom stereocenters. The van der Waals surface area contributed by atoms with E-state index in [-0.39, 0.29) is 11.5 Å². The highest BCUT2D eigenvalue weighted by molar-refractivity contribution is 5.77. The number of rotatable bonds is 3. The minimum absolute atomic E-state index is 0.00964. The molecular formula is C17H32N2O. The summed E-state index contributed by atoms with van der Waals surface area (Å²) >= 11 is 0. The Morgan fingerprint density at radius 1 is 1.15 bits per heavy atom. The molecule has 0 aromatic heterocycles. The van der Waals surface area contributed by atoms with E-state index in [4.69, 9.17) is 5.73 Å². The Bertz CT molecular complexity index is 328. The van der Waals surface area contributed by atoms with Gasteiger partial charge in [0.05, 0.1) is 0 Å². The number of nitrogens with two attached hydrogens (primary N) is 1. The van der Waals surface area contributed by atoms with Crippen LogP contribution in [0, 0.1) is 11.3 Å². The lowest BCUT2D eigenvalue weighted by molar-refractivity contribution is -0.134. The maximum Gasteiger partial charge on any atom is 0.224 e. The van der Waals surface area contributed by atoms with Crippen LogP contribution in [-0.4, -0.2) is 29.4 Å². The number of amides is 1. The first-order valence-electron chi connectivity index (χ1n) is 8.44. The van der Waals surface area contributed by atoms with Crippen molar-refractivity contribution < 1.29 is 4.79 Å². The summed E-state index contributed by atoms with van der Waals surface area (Å²) in [5.41, 5.74) is 6.21. The van der Waals surface area contributed by atoms with Gasteiger partial charge in [0.1, 0.15) is 0 Å². The van der Waals surface area contributed by atoms with Crippen LogP contribution in [0.4, 0.5) is 0 Å². The maximum absolute atomic E-state index is 12.6. The lowest BCUT2D eigenvalue weighted by Crippen LogP contribution is -2.45. The van der Waals surface area contributed by atoms with Gasteiger partial charge in [-0.1, -0.05) is 40.0 Å². The van der Waals surface area contributed by atoms with E-state index in [2.05, 4.69) is 25.7 Å². The Kier molecular flexibility index (Phi) is 5.11. The second kappa shape index (κ2) is 6.46. The molecule has 3 nitrogen and oxygen atoms in total. The first-order chi connectivity index (χ1) is 9.39. The topological polar surface area (TPSA) is 46.3 Å². The lowest BCUT2D eigenvalue weighted by atomic mass is 9.82. The first kappa shape index (κ1) is 15.8. The summed E-state index contributed by atoms with van der Waals surface area (Å²) in [6.07, 6.45) is 9.62. The molecule has 2 N–H and O–H groups in total. The van der Waals surface area contributed by atoms with Gasteiger partial charge in [0.25, 0.3) is 0 Å². The van der Waals surface area contributed by atoms with Gasteiger partial charge < -0.3 is 10.6 Å². The van der Waals surface area contributed by atoms with Gasteiger partial charge in [-0.3, -0.25) is 4.79 Å². The standard InChI is InChI=1S/C17H32N2O/c1-17(2,3)15(18)12-16(20)19-11-7-10-14(19)13-8-5-4-6-9-13/h13-15H,4-12,18H2,1-3H3. The number of nitrogens with zero attached hydrogens (tertiary/aromatic N) is 1. The third kappa shape index (κ3) is 3.75. The molecule has 2 fully saturated rings. The van der Waals surface area contributed by atoms with Crippen molar-refractivity contribution in [2.75, 3.05) is 6.54 Å². The molecule has 0 aromatic carbocycles. The van der Waals surface area contributed by atoms with Gasteiger partial charge in [-0.2, -0.15) is 0 Å². The summed E-state index contributed by atoms with van der Waals surface area (Å²) in [6, 6.07) is 0.470. The highest BCUT2D eigenvalue weighted by Crippen LogP contribution is 2.35. The van der Waals surface area contributed by atoms with E-state index in [1.807, 2.05) is 0 Å². The molecule has 1 aliphatic carbocycles. The highest BCUT2D eigenvalue weighted by Gasteiger charge is 2.36. The van der Waals surface area contributed by atoms with E-state index in [1.165, 1.54) is 44.9 Å². The van der Waals surface area contributed by atoms with Crippen LogP contribution in [0.5, 0.6) is 0 Å². The van der Waals surface area contributed by atoms with Crippen molar-refractivity contribution in [2.24, 2.45) is 17.1 Å². The molecule has 1 amide bonds. The fourth-order valence-electron chi connectivity index (χ4n) is 3.72. The van der Waals surface area contributed by atoms with Crippen molar-refractivity contribution in [3.63, 3.8) is 0 Å². The van der Waals surface area contributed by atoms with Gasteiger partial charge in [0, 0.05) is 25.0 Å². The van der Waals surface area contributed by atoms with Crippen LogP contribution in [0.25, 0.3) is 0 Å². The molecule has 2 aliphatic rings. The molecule has 116 valence electrons. The zero-order valence-corrected chi connectivity index (χ0v) is 13.5. The minimum atomic E-state index is -0.0393. The molecule has 2 rings (SSSR count). The molecule has 3 heteroatoms. The summed E-state index contributed by atoms with van der Waals surface area (Å²) in [4.78, 5) is 14.8. The van der Waals surface area contributed by atoms with Gasteiger partial charge in [-0.25, -0.2) is 0 Å². The van der Waals surface area contributed by atoms with Crippen LogP contribution < -0.4 is 5.73 Å². The van der Waals surface area contributed by atoms with Crippen LogP contribution in [0.2, 0.25) is 0 Å². The molecule has 1 saturated carbocycles. The Morgan fingerprint density at radius 3 is 2.40 bits per heavy atom. The maximum atomic E-state index is 12.6. The van der Waals surface area contributed by atoms with Crippen molar-refractivity contribution in [3.05, 3.63) is 0 Å². The third-order valence-electron chi connectivity index (χ3n) is 5.32. The van der Waals surface area contributed by atoms with E-state index in [9.17, 15) is 4.79 Å². The van der Waals surface area contributed by atoms with Crippen LogP contribution in [0.15, 0.2) is 0 Å². The average Bonchev–Trinajstić information content (AvgIpc) is 2.87. The van der Waals surface area contributed by atoms with Crippen LogP contribution >= 0.6 is 0 Å². The second-order valence-electron chi connectivity index (χ2n) is 7.87. The van der Waals surface area contributed by atoms with Crippen molar-refractivity contribution in [1.29, 1.82) is 0 Å². The second-order valence-corrected chi connectivity index (χ2v) is 7.87. The van der Waals surface area contributed by atoms with Crippen LogP contribution in [0.3, 0.4) is 0 Å². The summed E-state index contributed by atoms with van der Waals surface area (Å²) in [5, 5.41) is 0. The smallest absolute Gasteiger partial charge is 0.224 e. The molecule has 1 heterocycles. The van der Waals surface area contributed by atoms with Crippen LogP contribution in [-0.2, 0) is 4.79 Å². The number of carbonyl (C=O) groups is 1. The zero-order chi connectivity index (χ0) is 14.8. The summed E-state index contributed by atoms with van der Waals surface area (Å²) in [6.45, 7) is 7.31. The van der Waals surface area contributed by atoms with E-state index < -0.39 is 0 Å². The number of likely N-dealkylation sites (tertiary alicyclic amines) is 1. The fraction of sp³-hybridized carbons (Fsp3) is 0.941. The molecule has 0 radical (unpaired) electrons. The predicted molar refractivity (Wildman–Crippen MR) is 83.4 cm³/mol. The number of hydrogen-bond acceptors (Lipinski definition) is 2. The van der Waals surface area contributed by atoms with Gasteiger partial charge in [-0.05, 0) is 37.0 Å². The molecule has 0 aromatic rings. The molecule has 0 spiro atoms. The van der Waals surface area contributed by atoms with Crippen molar-refractivity contribution in [1.82, 2.24) is 4.90 Å². The Hall–Kier alpha value is -0.570. The molecular weight excluding hydrogens is 248 g/mol. The number of hydrogen-bond donors (Lipinski definition) is 1. The van der Waals surface area contributed by atoms with E-state index in [1.54, 1.807) is 0 Å². The van der Waals surface area contributed by atoms with Crippen molar-refractivity contribution >= 4 is 5.91 Å². The average molecular weight is 280 g/mol. The zero-order valence-electron chi connectivity index (χ0n) is 13.5. The first-order valence-corrected chi connectivity index (χ1v) is 8.44. The SMILES string of the molecule is CC(C)(C)C(N)CC(=O)N1CCCC1C1CCCCC1. The van der Waals surface area contributed by atoms with Crippen molar-refractivity contribution in [2.45, 2.75) is 84.2 Å². The van der Waals surface area contributed by atoms with Gasteiger partial charge in [0.2, 0.25) is 5.91 Å². The summed E-state index contributed by atoms with van der Waals surface area (Å²) in [5.74, 6) is 1.04. The monoisotopic (exact) mass is 280 g/mol. The van der Waals surface area contributed by atoms with E-state index in [0.717, 1.165) is 12.5 Å². The summed E-state index contributed by atoms with van der Waals surface area (Å²) in [7, 11) is 0. The summed E-state index contributed by atoms with van der Waals surface area (Å²) < 4.78 is 0. The fourth-order valence-corrected chi connectivity index (χ4v) is 3.72. The Morgan fingerprint density at radius 2 is 1.80 bits per heavy atom. The minimum Gasteiger partial charge on any atom is -0.339 e. The Labute approximate surface area is 124 Å². The van der Waals surface area contributed by atoms with Crippen LogP contribution in [0.1, 0.15) is 72.1 Å². The van der Waals surface area contributed by atoms with Gasteiger partial charge in [-0.15, -0.1) is 0 Å².